The van der Waals surface area contributed by atoms with E-state index in [1.165, 1.54) is 5.57 Å². The summed E-state index contributed by atoms with van der Waals surface area (Å²) in [6, 6.07) is 5.69. The van der Waals surface area contributed by atoms with E-state index in [-0.39, 0.29) is 17.7 Å². The molecule has 0 bridgehead atoms. The first-order chi connectivity index (χ1) is 13.9. The molecule has 0 saturated heterocycles. The Bertz CT molecular complexity index is 688. The number of carbonyl (C=O) groups is 2. The number of hydrogen-bond acceptors (Lipinski definition) is 4. The van der Waals surface area contributed by atoms with Gasteiger partial charge >= 0.3 is 0 Å². The Balaban J connectivity index is 1.91. The van der Waals surface area contributed by atoms with Crippen molar-refractivity contribution in [1.82, 2.24) is 15.6 Å². The molecule has 0 unspecified atom stereocenters. The highest BCUT2D eigenvalue weighted by Crippen LogP contribution is 2.38. The summed E-state index contributed by atoms with van der Waals surface area (Å²) >= 11 is 0. The molecule has 0 spiro atoms. The standard InChI is InChI=1S/C23H35N3O3/c1-16(2)21-12-18(13-23(28)26-15-20-7-5-6-9-24-20)17(3)11-19(21)14-25-22(27)8-10-29-4/h5-7,9,11,16,18-19,21H,8,10,12-15H2,1-4H3,(H,25,27)(H,26,28)/t18-,19-,21-/m0/s1. The minimum atomic E-state index is 0.0245. The van der Waals surface area contributed by atoms with Crippen molar-refractivity contribution in [3.63, 3.8) is 0 Å². The first-order valence-electron chi connectivity index (χ1n) is 10.5. The third-order valence-corrected chi connectivity index (χ3v) is 5.78. The maximum Gasteiger partial charge on any atom is 0.222 e. The molecule has 2 amide bonds. The van der Waals surface area contributed by atoms with Crippen LogP contribution in [0.25, 0.3) is 0 Å². The molecule has 160 valence electrons. The number of amides is 2. The second-order valence-electron chi connectivity index (χ2n) is 8.26. The molecule has 0 aliphatic heterocycles. The first-order valence-corrected chi connectivity index (χ1v) is 10.5. The number of nitrogens with zero attached hydrogens (tertiary/aromatic N) is 1. The van der Waals surface area contributed by atoms with Crippen LogP contribution in [0.3, 0.4) is 0 Å². The van der Waals surface area contributed by atoms with E-state index >= 15 is 0 Å². The number of aromatic nitrogens is 1. The highest BCUT2D eigenvalue weighted by atomic mass is 16.5. The van der Waals surface area contributed by atoms with Crippen LogP contribution in [0.5, 0.6) is 0 Å². The molecular weight excluding hydrogens is 366 g/mol. The Hall–Kier alpha value is -2.21. The molecule has 0 aromatic carbocycles. The number of methoxy groups -OCH3 is 1. The molecule has 29 heavy (non-hydrogen) atoms. The van der Waals surface area contributed by atoms with Gasteiger partial charge in [0, 0.05) is 32.7 Å². The van der Waals surface area contributed by atoms with E-state index in [2.05, 4.69) is 42.5 Å². The highest BCUT2D eigenvalue weighted by molar-refractivity contribution is 5.76. The van der Waals surface area contributed by atoms with E-state index < -0.39 is 0 Å². The van der Waals surface area contributed by atoms with Gasteiger partial charge in [-0.25, -0.2) is 0 Å². The van der Waals surface area contributed by atoms with Gasteiger partial charge in [-0.1, -0.05) is 31.6 Å². The topological polar surface area (TPSA) is 80.3 Å². The Labute approximate surface area is 174 Å². The minimum absolute atomic E-state index is 0.0245. The van der Waals surface area contributed by atoms with Crippen LogP contribution in [0, 0.1) is 23.7 Å². The smallest absolute Gasteiger partial charge is 0.222 e. The maximum absolute atomic E-state index is 12.5. The fraction of sp³-hybridized carbons (Fsp3) is 0.609. The quantitative estimate of drug-likeness (QED) is 0.591. The average Bonchev–Trinajstić information content (AvgIpc) is 2.71. The van der Waals surface area contributed by atoms with Gasteiger partial charge in [-0.2, -0.15) is 0 Å². The normalized spacial score (nSPS) is 21.6. The maximum atomic E-state index is 12.5. The van der Waals surface area contributed by atoms with Crippen molar-refractivity contribution in [2.75, 3.05) is 20.3 Å². The van der Waals surface area contributed by atoms with Crippen LogP contribution in [0.1, 0.15) is 45.7 Å². The predicted molar refractivity (Wildman–Crippen MR) is 114 cm³/mol. The number of ether oxygens (including phenoxy) is 1. The fourth-order valence-electron chi connectivity index (χ4n) is 4.01. The largest absolute Gasteiger partial charge is 0.384 e. The lowest BCUT2D eigenvalue weighted by molar-refractivity contribution is -0.122. The summed E-state index contributed by atoms with van der Waals surface area (Å²) in [4.78, 5) is 28.6. The Kier molecular flexibility index (Phi) is 9.32. The number of allylic oxidation sites excluding steroid dienone is 1. The third kappa shape index (κ3) is 7.61. The molecule has 3 atom stereocenters. The molecular formula is C23H35N3O3. The van der Waals surface area contributed by atoms with Gasteiger partial charge in [0.2, 0.25) is 11.8 Å². The lowest BCUT2D eigenvalue weighted by Crippen LogP contribution is -2.38. The molecule has 2 N–H and O–H groups in total. The van der Waals surface area contributed by atoms with Crippen molar-refractivity contribution in [1.29, 1.82) is 0 Å². The fourth-order valence-corrected chi connectivity index (χ4v) is 4.01. The molecule has 0 fully saturated rings. The summed E-state index contributed by atoms with van der Waals surface area (Å²) in [7, 11) is 1.60. The zero-order valence-corrected chi connectivity index (χ0v) is 18.1. The van der Waals surface area contributed by atoms with Crippen molar-refractivity contribution >= 4 is 11.8 Å². The second kappa shape index (κ2) is 11.7. The van der Waals surface area contributed by atoms with Crippen LogP contribution < -0.4 is 10.6 Å². The summed E-state index contributed by atoms with van der Waals surface area (Å²) in [5.41, 5.74) is 2.10. The van der Waals surface area contributed by atoms with Gasteiger partial charge in [0.15, 0.2) is 0 Å². The molecule has 1 aliphatic carbocycles. The van der Waals surface area contributed by atoms with Gasteiger partial charge in [-0.15, -0.1) is 0 Å². The van der Waals surface area contributed by atoms with Gasteiger partial charge < -0.3 is 15.4 Å². The Morgan fingerprint density at radius 2 is 2.03 bits per heavy atom. The van der Waals surface area contributed by atoms with Crippen LogP contribution in [0.2, 0.25) is 0 Å². The number of rotatable bonds is 10. The number of carbonyl (C=O) groups excluding carboxylic acids is 2. The van der Waals surface area contributed by atoms with E-state index in [0.29, 0.717) is 50.3 Å². The molecule has 1 heterocycles. The number of nitrogens with one attached hydrogen (secondary N) is 2. The van der Waals surface area contributed by atoms with Crippen molar-refractivity contribution in [2.45, 2.75) is 46.6 Å². The number of pyridine rings is 1. The molecule has 1 aliphatic rings. The van der Waals surface area contributed by atoms with Crippen LogP contribution in [0.4, 0.5) is 0 Å². The van der Waals surface area contributed by atoms with E-state index in [0.717, 1.165) is 12.1 Å². The number of hydrogen-bond donors (Lipinski definition) is 2. The Morgan fingerprint density at radius 3 is 2.69 bits per heavy atom. The minimum Gasteiger partial charge on any atom is -0.384 e. The van der Waals surface area contributed by atoms with Crippen LogP contribution >= 0.6 is 0 Å². The Morgan fingerprint density at radius 1 is 1.24 bits per heavy atom. The summed E-state index contributed by atoms with van der Waals surface area (Å²) in [6.07, 6.45) is 5.84. The van der Waals surface area contributed by atoms with Crippen molar-refractivity contribution in [2.24, 2.45) is 23.7 Å². The van der Waals surface area contributed by atoms with Gasteiger partial charge in [0.05, 0.1) is 18.8 Å². The first kappa shape index (κ1) is 23.1. The summed E-state index contributed by atoms with van der Waals surface area (Å²) < 4.78 is 4.97. The van der Waals surface area contributed by atoms with Gasteiger partial charge in [0.1, 0.15) is 0 Å². The molecule has 1 aromatic rings. The molecule has 1 aromatic heterocycles. The lowest BCUT2D eigenvalue weighted by atomic mass is 9.69. The van der Waals surface area contributed by atoms with Gasteiger partial charge in [0.25, 0.3) is 0 Å². The molecule has 6 heteroatoms. The van der Waals surface area contributed by atoms with Crippen LogP contribution in [-0.2, 0) is 20.9 Å². The zero-order chi connectivity index (χ0) is 21.2. The lowest BCUT2D eigenvalue weighted by Gasteiger charge is -2.37. The third-order valence-electron chi connectivity index (χ3n) is 5.78. The zero-order valence-electron chi connectivity index (χ0n) is 18.1. The molecule has 0 radical (unpaired) electrons. The van der Waals surface area contributed by atoms with Gasteiger partial charge in [-0.3, -0.25) is 14.6 Å². The monoisotopic (exact) mass is 401 g/mol. The van der Waals surface area contributed by atoms with E-state index in [9.17, 15) is 9.59 Å². The average molecular weight is 402 g/mol. The van der Waals surface area contributed by atoms with Crippen LogP contribution in [0.15, 0.2) is 36.0 Å². The van der Waals surface area contributed by atoms with E-state index in [1.807, 2.05) is 18.2 Å². The van der Waals surface area contributed by atoms with E-state index in [4.69, 9.17) is 4.74 Å². The van der Waals surface area contributed by atoms with Gasteiger partial charge in [-0.05, 0) is 49.1 Å². The summed E-state index contributed by atoms with van der Waals surface area (Å²) in [5.74, 6) is 1.55. The van der Waals surface area contributed by atoms with Crippen LogP contribution in [-0.4, -0.2) is 37.1 Å². The van der Waals surface area contributed by atoms with Crippen molar-refractivity contribution < 1.29 is 14.3 Å². The predicted octanol–water partition coefficient (Wildman–Crippen LogP) is 3.10. The van der Waals surface area contributed by atoms with Crippen molar-refractivity contribution in [3.8, 4) is 0 Å². The SMILES string of the molecule is COCCC(=O)NC[C@@H]1C=C(C)[C@H](CC(=O)NCc2ccccn2)C[C@H]1C(C)C. The van der Waals surface area contributed by atoms with Crippen molar-refractivity contribution in [3.05, 3.63) is 41.7 Å². The molecule has 2 rings (SSSR count). The molecule has 0 saturated carbocycles. The van der Waals surface area contributed by atoms with E-state index in [1.54, 1.807) is 13.3 Å². The molecule has 6 nitrogen and oxygen atoms in total. The summed E-state index contributed by atoms with van der Waals surface area (Å²) in [5, 5.41) is 6.02. The summed E-state index contributed by atoms with van der Waals surface area (Å²) in [6.45, 7) is 8.08. The highest BCUT2D eigenvalue weighted by Gasteiger charge is 2.32. The second-order valence-corrected chi connectivity index (χ2v) is 8.26.